The zero-order valence-electron chi connectivity index (χ0n) is 15.9. The molecule has 0 aliphatic carbocycles. The van der Waals surface area contributed by atoms with E-state index >= 15 is 0 Å². The average molecular weight is 381 g/mol. The van der Waals surface area contributed by atoms with Gasteiger partial charge < -0.3 is 9.80 Å². The maximum atomic E-state index is 13.8. The first-order valence-corrected chi connectivity index (χ1v) is 10.2. The molecule has 1 fully saturated rings. The molecule has 2 aliphatic heterocycles. The molecule has 2 aliphatic rings. The van der Waals surface area contributed by atoms with Crippen LogP contribution in [0.5, 0.6) is 0 Å². The minimum atomic E-state index is -0.956. The van der Waals surface area contributed by atoms with E-state index in [-0.39, 0.29) is 16.6 Å². The molecule has 0 N–H and O–H groups in total. The maximum Gasteiger partial charge on any atom is 0.268 e. The molecule has 27 heavy (non-hydrogen) atoms. The normalized spacial score (nSPS) is 23.1. The molecule has 2 aromatic carbocycles. The highest BCUT2D eigenvalue weighted by Crippen LogP contribution is 2.59. The zero-order chi connectivity index (χ0) is 19.2. The van der Waals surface area contributed by atoms with Crippen LogP contribution in [0.4, 0.5) is 5.69 Å². The van der Waals surface area contributed by atoms with Gasteiger partial charge in [-0.15, -0.1) is 11.8 Å². The Bertz CT molecular complexity index is 896. The molecular weight excluding hydrogens is 356 g/mol. The third-order valence-corrected chi connectivity index (χ3v) is 6.82. The highest BCUT2D eigenvalue weighted by molar-refractivity contribution is 8.02. The third-order valence-electron chi connectivity index (χ3n) is 5.22. The summed E-state index contributed by atoms with van der Waals surface area (Å²) in [6.45, 7) is 7.16. The molecule has 4 rings (SSSR count). The molecule has 0 radical (unpaired) electrons. The lowest BCUT2D eigenvalue weighted by atomic mass is 10.0. The molecular formula is C22H24N2O2S. The summed E-state index contributed by atoms with van der Waals surface area (Å²) in [4.78, 5) is 29.3. The van der Waals surface area contributed by atoms with Crippen molar-refractivity contribution in [1.82, 2.24) is 4.90 Å². The van der Waals surface area contributed by atoms with Crippen molar-refractivity contribution >= 4 is 29.3 Å². The summed E-state index contributed by atoms with van der Waals surface area (Å²) in [7, 11) is 0. The van der Waals surface area contributed by atoms with Gasteiger partial charge in [-0.25, -0.2) is 0 Å². The van der Waals surface area contributed by atoms with Gasteiger partial charge in [0.15, 0.2) is 4.87 Å². The fourth-order valence-corrected chi connectivity index (χ4v) is 5.87. The van der Waals surface area contributed by atoms with Gasteiger partial charge in [-0.05, 0) is 25.5 Å². The number of benzene rings is 2. The number of anilines is 1. The van der Waals surface area contributed by atoms with Gasteiger partial charge in [-0.1, -0.05) is 55.5 Å². The molecule has 1 saturated heterocycles. The Labute approximate surface area is 164 Å². The Morgan fingerprint density at radius 3 is 2.44 bits per heavy atom. The van der Waals surface area contributed by atoms with Crippen molar-refractivity contribution < 1.29 is 9.59 Å². The molecule has 2 heterocycles. The monoisotopic (exact) mass is 380 g/mol. The van der Waals surface area contributed by atoms with Crippen molar-refractivity contribution in [2.75, 3.05) is 11.4 Å². The fourth-order valence-electron chi connectivity index (χ4n) is 4.12. The topological polar surface area (TPSA) is 40.6 Å². The SMILES string of the molecule is CCC(=O)N1CC(C)(C)S[C@@]12C(=O)N(Cc1ccccc1)c1ccccc12. The Kier molecular flexibility index (Phi) is 4.30. The van der Waals surface area contributed by atoms with Crippen LogP contribution in [0.3, 0.4) is 0 Å². The molecule has 0 unspecified atom stereocenters. The molecule has 0 bridgehead atoms. The summed E-state index contributed by atoms with van der Waals surface area (Å²) in [6, 6.07) is 17.9. The number of para-hydroxylation sites is 1. The molecule has 2 amide bonds. The number of carbonyl (C=O) groups is 2. The van der Waals surface area contributed by atoms with Crippen LogP contribution in [-0.4, -0.2) is 28.0 Å². The second kappa shape index (κ2) is 6.41. The van der Waals surface area contributed by atoms with Gasteiger partial charge >= 0.3 is 0 Å². The van der Waals surface area contributed by atoms with Gasteiger partial charge in [-0.2, -0.15) is 0 Å². The van der Waals surface area contributed by atoms with Gasteiger partial charge in [0.1, 0.15) is 0 Å². The number of fused-ring (bicyclic) bond motifs is 2. The van der Waals surface area contributed by atoms with E-state index in [1.54, 1.807) is 11.8 Å². The second-order valence-electron chi connectivity index (χ2n) is 7.73. The van der Waals surface area contributed by atoms with Crippen LogP contribution in [0.1, 0.15) is 38.3 Å². The number of thioether (sulfide) groups is 1. The van der Waals surface area contributed by atoms with E-state index in [0.29, 0.717) is 19.5 Å². The van der Waals surface area contributed by atoms with E-state index in [9.17, 15) is 9.59 Å². The Morgan fingerprint density at radius 1 is 1.07 bits per heavy atom. The van der Waals surface area contributed by atoms with Crippen LogP contribution in [0, 0.1) is 0 Å². The smallest absolute Gasteiger partial charge is 0.268 e. The van der Waals surface area contributed by atoms with Crippen LogP contribution in [0.2, 0.25) is 0 Å². The number of nitrogens with zero attached hydrogens (tertiary/aromatic N) is 2. The van der Waals surface area contributed by atoms with E-state index in [1.165, 1.54) is 0 Å². The highest BCUT2D eigenvalue weighted by atomic mass is 32.2. The fraction of sp³-hybridized carbons (Fsp3) is 0.364. The Hall–Kier alpha value is -2.27. The zero-order valence-corrected chi connectivity index (χ0v) is 16.8. The van der Waals surface area contributed by atoms with Crippen LogP contribution >= 0.6 is 11.8 Å². The summed E-state index contributed by atoms with van der Waals surface area (Å²) in [6.07, 6.45) is 0.395. The molecule has 140 valence electrons. The average Bonchev–Trinajstić information content (AvgIpc) is 3.09. The summed E-state index contributed by atoms with van der Waals surface area (Å²) in [5, 5.41) is 0. The van der Waals surface area contributed by atoms with Gasteiger partial charge in [-0.3, -0.25) is 9.59 Å². The van der Waals surface area contributed by atoms with Gasteiger partial charge in [0, 0.05) is 23.3 Å². The van der Waals surface area contributed by atoms with Crippen molar-refractivity contribution in [2.24, 2.45) is 0 Å². The van der Waals surface area contributed by atoms with Crippen molar-refractivity contribution in [3.63, 3.8) is 0 Å². The molecule has 4 nitrogen and oxygen atoms in total. The standard InChI is InChI=1S/C22H24N2O2S/c1-4-19(25)24-15-21(2,3)27-22(24)17-12-8-9-13-18(17)23(20(22)26)14-16-10-6-5-7-11-16/h5-13H,4,14-15H2,1-3H3/t22-/m0/s1. The first kappa shape index (κ1) is 18.1. The molecule has 0 saturated carbocycles. The predicted molar refractivity (Wildman–Crippen MR) is 109 cm³/mol. The molecule has 5 heteroatoms. The summed E-state index contributed by atoms with van der Waals surface area (Å²) in [5.41, 5.74) is 2.92. The maximum absolute atomic E-state index is 13.8. The van der Waals surface area contributed by atoms with Crippen molar-refractivity contribution in [2.45, 2.75) is 43.4 Å². The molecule has 1 spiro atoms. The lowest BCUT2D eigenvalue weighted by Gasteiger charge is -2.33. The third kappa shape index (κ3) is 2.76. The van der Waals surface area contributed by atoms with Crippen molar-refractivity contribution in [3.05, 3.63) is 65.7 Å². The lowest BCUT2D eigenvalue weighted by molar-refractivity contribution is -0.140. The van der Waals surface area contributed by atoms with Crippen molar-refractivity contribution in [1.29, 1.82) is 0 Å². The molecule has 0 aromatic heterocycles. The van der Waals surface area contributed by atoms with E-state index in [0.717, 1.165) is 16.8 Å². The van der Waals surface area contributed by atoms with E-state index in [4.69, 9.17) is 0 Å². The summed E-state index contributed by atoms with van der Waals surface area (Å²) >= 11 is 1.61. The van der Waals surface area contributed by atoms with Gasteiger partial charge in [0.05, 0.1) is 12.2 Å². The predicted octanol–water partition coefficient (Wildman–Crippen LogP) is 4.15. The highest BCUT2D eigenvalue weighted by Gasteiger charge is 2.63. The summed E-state index contributed by atoms with van der Waals surface area (Å²) in [5.74, 6) is 0.0164. The quantitative estimate of drug-likeness (QED) is 0.803. The first-order chi connectivity index (χ1) is 12.9. The first-order valence-electron chi connectivity index (χ1n) is 9.35. The van der Waals surface area contributed by atoms with Crippen LogP contribution < -0.4 is 4.90 Å². The van der Waals surface area contributed by atoms with E-state index in [2.05, 4.69) is 13.8 Å². The molecule has 2 aromatic rings. The van der Waals surface area contributed by atoms with Crippen molar-refractivity contribution in [3.8, 4) is 0 Å². The minimum Gasteiger partial charge on any atom is -0.314 e. The number of hydrogen-bond donors (Lipinski definition) is 0. The molecule has 1 atom stereocenters. The number of rotatable bonds is 3. The largest absolute Gasteiger partial charge is 0.314 e. The van der Waals surface area contributed by atoms with Gasteiger partial charge in [0.2, 0.25) is 5.91 Å². The summed E-state index contributed by atoms with van der Waals surface area (Å²) < 4.78 is -0.184. The lowest BCUT2D eigenvalue weighted by Crippen LogP contribution is -2.50. The second-order valence-corrected chi connectivity index (χ2v) is 9.63. The number of carbonyl (C=O) groups excluding carboxylic acids is 2. The van der Waals surface area contributed by atoms with Crippen LogP contribution in [0.15, 0.2) is 54.6 Å². The van der Waals surface area contributed by atoms with E-state index in [1.807, 2.05) is 71.3 Å². The van der Waals surface area contributed by atoms with Crippen LogP contribution in [0.25, 0.3) is 0 Å². The van der Waals surface area contributed by atoms with Gasteiger partial charge in [0.25, 0.3) is 5.91 Å². The minimum absolute atomic E-state index is 0.00933. The van der Waals surface area contributed by atoms with Crippen LogP contribution in [-0.2, 0) is 21.0 Å². The Balaban J connectivity index is 1.84. The Morgan fingerprint density at radius 2 is 1.74 bits per heavy atom. The van der Waals surface area contributed by atoms with E-state index < -0.39 is 4.87 Å². The number of hydrogen-bond acceptors (Lipinski definition) is 3. The number of amides is 2.